The van der Waals surface area contributed by atoms with Gasteiger partial charge in [-0.05, 0) is 105 Å². The van der Waals surface area contributed by atoms with Gasteiger partial charge in [-0.2, -0.15) is 0 Å². The molecule has 1 saturated heterocycles. The van der Waals surface area contributed by atoms with Crippen molar-refractivity contribution in [1.82, 2.24) is 4.90 Å². The van der Waals surface area contributed by atoms with Crippen LogP contribution in [-0.4, -0.2) is 59.6 Å². The lowest BCUT2D eigenvalue weighted by molar-refractivity contribution is -0.124. The van der Waals surface area contributed by atoms with Crippen LogP contribution >= 0.6 is 23.6 Å². The SMILES string of the molecule is CCOC(=O)c1ccc(NC(=O)CC2C(=O)N(c3ccc(C(=O)OCC)cc3)C(=S)N2CCc2sccc2C)cc1. The second-order valence-corrected chi connectivity index (χ2v) is 10.6. The van der Waals surface area contributed by atoms with Gasteiger partial charge in [0, 0.05) is 17.1 Å². The molecule has 1 aliphatic heterocycles. The summed E-state index contributed by atoms with van der Waals surface area (Å²) >= 11 is 7.40. The molecule has 0 radical (unpaired) electrons. The van der Waals surface area contributed by atoms with Crippen LogP contribution in [0.25, 0.3) is 0 Å². The minimum atomic E-state index is -0.814. The van der Waals surface area contributed by atoms with Crippen LogP contribution in [-0.2, 0) is 25.5 Å². The number of nitrogens with zero attached hydrogens (tertiary/aromatic N) is 2. The second-order valence-electron chi connectivity index (χ2n) is 9.26. The summed E-state index contributed by atoms with van der Waals surface area (Å²) in [6, 6.07) is 14.1. The van der Waals surface area contributed by atoms with Crippen molar-refractivity contribution in [3.05, 3.63) is 81.5 Å². The average molecular weight is 594 g/mol. The lowest BCUT2D eigenvalue weighted by Crippen LogP contribution is -2.39. The first-order valence-corrected chi connectivity index (χ1v) is 14.5. The van der Waals surface area contributed by atoms with Crippen LogP contribution in [0.3, 0.4) is 0 Å². The van der Waals surface area contributed by atoms with Gasteiger partial charge in [0.2, 0.25) is 5.91 Å². The van der Waals surface area contributed by atoms with Crippen molar-refractivity contribution in [2.45, 2.75) is 39.7 Å². The van der Waals surface area contributed by atoms with Crippen molar-refractivity contribution in [1.29, 1.82) is 0 Å². The number of thiophene rings is 1. The standard InChI is InChI=1S/C30H31N3O6S2/c1-4-38-28(36)20-6-10-22(11-7-20)31-26(34)18-24-27(35)33(23-12-8-21(9-13-23)29(37)39-5-2)30(40)32(24)16-14-25-19(3)15-17-41-25/h6-13,15,17,24H,4-5,14,16,18H2,1-3H3,(H,31,34). The molecule has 1 N–H and O–H groups in total. The number of esters is 2. The van der Waals surface area contributed by atoms with Crippen molar-refractivity contribution >= 4 is 63.8 Å². The zero-order valence-corrected chi connectivity index (χ0v) is 24.7. The Balaban J connectivity index is 1.52. The molecule has 2 amide bonds. The van der Waals surface area contributed by atoms with Crippen molar-refractivity contribution in [3.8, 4) is 0 Å². The quantitative estimate of drug-likeness (QED) is 0.245. The molecule has 0 bridgehead atoms. The number of carbonyl (C=O) groups is 4. The molecule has 3 aromatic rings. The van der Waals surface area contributed by atoms with E-state index in [1.54, 1.807) is 78.6 Å². The summed E-state index contributed by atoms with van der Waals surface area (Å²) in [4.78, 5) is 55.2. The van der Waals surface area contributed by atoms with Crippen LogP contribution in [0.2, 0.25) is 0 Å². The van der Waals surface area contributed by atoms with E-state index in [9.17, 15) is 19.2 Å². The lowest BCUT2D eigenvalue weighted by atomic mass is 10.1. The largest absolute Gasteiger partial charge is 0.462 e. The van der Waals surface area contributed by atoms with Crippen molar-refractivity contribution in [2.75, 3.05) is 30.0 Å². The van der Waals surface area contributed by atoms with E-state index in [4.69, 9.17) is 21.7 Å². The fraction of sp³-hybridized carbons (Fsp3) is 0.300. The van der Waals surface area contributed by atoms with Crippen LogP contribution in [0.1, 0.15) is 51.4 Å². The highest BCUT2D eigenvalue weighted by Crippen LogP contribution is 2.29. The highest BCUT2D eigenvalue weighted by atomic mass is 32.1. The number of rotatable bonds is 11. The number of hydrogen-bond acceptors (Lipinski definition) is 8. The molecular weight excluding hydrogens is 562 g/mol. The van der Waals surface area contributed by atoms with Crippen molar-refractivity contribution < 1.29 is 28.7 Å². The van der Waals surface area contributed by atoms with Gasteiger partial charge in [-0.25, -0.2) is 9.59 Å². The average Bonchev–Trinajstić information content (AvgIpc) is 3.47. The smallest absolute Gasteiger partial charge is 0.338 e. The molecule has 11 heteroatoms. The molecule has 1 aromatic heterocycles. The molecule has 0 saturated carbocycles. The minimum Gasteiger partial charge on any atom is -0.462 e. The van der Waals surface area contributed by atoms with Crippen molar-refractivity contribution in [2.24, 2.45) is 0 Å². The Morgan fingerprint density at radius 2 is 1.51 bits per heavy atom. The monoisotopic (exact) mass is 593 g/mol. The number of aryl methyl sites for hydroxylation is 1. The number of anilines is 2. The van der Waals surface area contributed by atoms with Crippen LogP contribution < -0.4 is 10.2 Å². The Hall–Kier alpha value is -4.09. The van der Waals surface area contributed by atoms with E-state index in [0.717, 1.165) is 0 Å². The maximum Gasteiger partial charge on any atom is 0.338 e. The Morgan fingerprint density at radius 1 is 0.927 bits per heavy atom. The summed E-state index contributed by atoms with van der Waals surface area (Å²) in [5.41, 5.74) is 2.90. The molecule has 9 nitrogen and oxygen atoms in total. The predicted octanol–water partition coefficient (Wildman–Crippen LogP) is 4.98. The number of benzene rings is 2. The predicted molar refractivity (Wildman–Crippen MR) is 161 cm³/mol. The van der Waals surface area contributed by atoms with E-state index in [0.29, 0.717) is 40.6 Å². The number of ether oxygens (including phenoxy) is 2. The number of amides is 2. The van der Waals surface area contributed by atoms with Crippen LogP contribution in [0.5, 0.6) is 0 Å². The Labute approximate surface area is 248 Å². The molecule has 214 valence electrons. The van der Waals surface area contributed by atoms with Gasteiger partial charge in [0.1, 0.15) is 6.04 Å². The first-order chi connectivity index (χ1) is 19.7. The maximum absolute atomic E-state index is 13.7. The fourth-order valence-corrected chi connectivity index (χ4v) is 5.77. The van der Waals surface area contributed by atoms with E-state index in [1.807, 2.05) is 18.4 Å². The normalized spacial score (nSPS) is 14.8. The molecule has 1 atom stereocenters. The molecule has 41 heavy (non-hydrogen) atoms. The molecule has 0 spiro atoms. The summed E-state index contributed by atoms with van der Waals surface area (Å²) in [6.07, 6.45) is 0.541. The van der Waals surface area contributed by atoms with Gasteiger partial charge in [-0.1, -0.05) is 0 Å². The van der Waals surface area contributed by atoms with Gasteiger partial charge < -0.3 is 19.7 Å². The van der Waals surface area contributed by atoms with E-state index in [1.165, 1.54) is 15.3 Å². The molecule has 1 unspecified atom stereocenters. The minimum absolute atomic E-state index is 0.126. The topological polar surface area (TPSA) is 105 Å². The molecule has 2 aromatic carbocycles. The van der Waals surface area contributed by atoms with Gasteiger partial charge in [-0.3, -0.25) is 14.5 Å². The highest BCUT2D eigenvalue weighted by molar-refractivity contribution is 7.80. The third-order valence-electron chi connectivity index (χ3n) is 6.56. The number of hydrogen-bond donors (Lipinski definition) is 1. The van der Waals surface area contributed by atoms with Gasteiger partial charge in [0.15, 0.2) is 5.11 Å². The number of thiocarbonyl (C=S) groups is 1. The molecule has 2 heterocycles. The Morgan fingerprint density at radius 3 is 2.05 bits per heavy atom. The maximum atomic E-state index is 13.7. The fourth-order valence-electron chi connectivity index (χ4n) is 4.46. The molecule has 1 fully saturated rings. The van der Waals surface area contributed by atoms with Crippen molar-refractivity contribution in [3.63, 3.8) is 0 Å². The van der Waals surface area contributed by atoms with E-state index in [2.05, 4.69) is 5.32 Å². The molecule has 1 aliphatic rings. The summed E-state index contributed by atoms with van der Waals surface area (Å²) in [7, 11) is 0. The van der Waals surface area contributed by atoms with E-state index >= 15 is 0 Å². The first-order valence-electron chi connectivity index (χ1n) is 13.2. The van der Waals surface area contributed by atoms with Crippen LogP contribution in [0, 0.1) is 6.92 Å². The Bertz CT molecular complexity index is 1440. The molecule has 4 rings (SSSR count). The summed E-state index contributed by atoms with van der Waals surface area (Å²) < 4.78 is 10.0. The molecule has 0 aliphatic carbocycles. The summed E-state index contributed by atoms with van der Waals surface area (Å²) in [5, 5.41) is 5.12. The van der Waals surface area contributed by atoms with Crippen LogP contribution in [0.15, 0.2) is 60.0 Å². The lowest BCUT2D eigenvalue weighted by Gasteiger charge is -2.24. The Kier molecular flexibility index (Phi) is 9.85. The van der Waals surface area contributed by atoms with Crippen LogP contribution in [0.4, 0.5) is 11.4 Å². The van der Waals surface area contributed by atoms with Gasteiger partial charge in [-0.15, -0.1) is 11.3 Å². The second kappa shape index (κ2) is 13.5. The summed E-state index contributed by atoms with van der Waals surface area (Å²) in [5.74, 6) is -1.59. The van der Waals surface area contributed by atoms with Gasteiger partial charge in [0.05, 0.1) is 36.4 Å². The van der Waals surface area contributed by atoms with E-state index < -0.39 is 18.0 Å². The third kappa shape index (κ3) is 6.98. The molecular formula is C30H31N3O6S2. The third-order valence-corrected chi connectivity index (χ3v) is 8.06. The zero-order valence-electron chi connectivity index (χ0n) is 23.0. The van der Waals surface area contributed by atoms with E-state index in [-0.39, 0.29) is 31.4 Å². The summed E-state index contributed by atoms with van der Waals surface area (Å²) in [6.45, 7) is 6.48. The first kappa shape index (κ1) is 29.9. The highest BCUT2D eigenvalue weighted by Gasteiger charge is 2.44. The van der Waals surface area contributed by atoms with Gasteiger partial charge >= 0.3 is 11.9 Å². The number of nitrogens with one attached hydrogen (secondary N) is 1. The van der Waals surface area contributed by atoms with Gasteiger partial charge in [0.25, 0.3) is 5.91 Å². The number of carbonyl (C=O) groups excluding carboxylic acids is 4. The zero-order chi connectivity index (χ0) is 29.5.